The summed E-state index contributed by atoms with van der Waals surface area (Å²) >= 11 is 0. The van der Waals surface area contributed by atoms with E-state index in [2.05, 4.69) is 15.3 Å². The van der Waals surface area contributed by atoms with Gasteiger partial charge in [0.05, 0.1) is 18.0 Å². The molecule has 0 radical (unpaired) electrons. The summed E-state index contributed by atoms with van der Waals surface area (Å²) in [6, 6.07) is 1.58. The van der Waals surface area contributed by atoms with Crippen molar-refractivity contribution in [2.45, 2.75) is 44.8 Å². The third kappa shape index (κ3) is 4.31. The van der Waals surface area contributed by atoms with Gasteiger partial charge in [-0.1, -0.05) is 0 Å². The van der Waals surface area contributed by atoms with Gasteiger partial charge in [-0.15, -0.1) is 0 Å². The molecule has 1 amide bonds. The topological polar surface area (TPSA) is 76.5 Å². The molecule has 0 bridgehead atoms. The third-order valence-electron chi connectivity index (χ3n) is 4.42. The van der Waals surface area contributed by atoms with Gasteiger partial charge in [-0.2, -0.15) is 5.10 Å². The van der Waals surface area contributed by atoms with Crippen LogP contribution in [0.25, 0.3) is 0 Å². The van der Waals surface area contributed by atoms with Gasteiger partial charge in [0, 0.05) is 32.3 Å². The molecule has 7 heteroatoms. The number of hydrogen-bond donors (Lipinski definition) is 1. The maximum Gasteiger partial charge on any atom is 0.269 e. The normalized spacial score (nSPS) is 21.4. The minimum Gasteiger partial charge on any atom is -0.376 e. The number of anilines is 1. The summed E-state index contributed by atoms with van der Waals surface area (Å²) in [7, 11) is 0. The highest BCUT2D eigenvalue weighted by atomic mass is 16.5. The monoisotopic (exact) mass is 320 g/mol. The Morgan fingerprint density at radius 1 is 1.30 bits per heavy atom. The molecule has 0 aliphatic carbocycles. The van der Waals surface area contributed by atoms with Crippen LogP contribution >= 0.6 is 0 Å². The van der Waals surface area contributed by atoms with Crippen LogP contribution in [0.1, 0.15) is 32.1 Å². The Hall–Kier alpha value is -1.89. The van der Waals surface area contributed by atoms with E-state index >= 15 is 0 Å². The zero-order valence-corrected chi connectivity index (χ0v) is 13.4. The van der Waals surface area contributed by atoms with E-state index in [9.17, 15) is 9.59 Å². The molecule has 1 N–H and O–H groups in total. The molecule has 1 atom stereocenters. The maximum absolute atomic E-state index is 12.1. The van der Waals surface area contributed by atoms with Crippen molar-refractivity contribution in [2.75, 3.05) is 31.1 Å². The first-order valence-electron chi connectivity index (χ1n) is 8.43. The van der Waals surface area contributed by atoms with E-state index in [-0.39, 0.29) is 24.1 Å². The van der Waals surface area contributed by atoms with Crippen molar-refractivity contribution in [3.8, 4) is 0 Å². The van der Waals surface area contributed by atoms with E-state index in [1.165, 1.54) is 11.1 Å². The number of nitrogens with one attached hydrogen (secondary N) is 1. The average molecular weight is 320 g/mol. The van der Waals surface area contributed by atoms with Crippen molar-refractivity contribution < 1.29 is 9.53 Å². The Kier molecular flexibility index (Phi) is 5.27. The van der Waals surface area contributed by atoms with Crippen molar-refractivity contribution in [3.05, 3.63) is 22.6 Å². The number of ether oxygens (including phenoxy) is 1. The molecule has 1 aromatic heterocycles. The summed E-state index contributed by atoms with van der Waals surface area (Å²) in [5.74, 6) is -0.208. The van der Waals surface area contributed by atoms with Crippen LogP contribution in [0.4, 0.5) is 5.69 Å². The largest absolute Gasteiger partial charge is 0.376 e. The predicted octanol–water partition coefficient (Wildman–Crippen LogP) is 0.529. The second-order valence-corrected chi connectivity index (χ2v) is 6.20. The Bertz CT molecular complexity index is 589. The Balaban J connectivity index is 1.55. The van der Waals surface area contributed by atoms with Crippen LogP contribution in [0.3, 0.4) is 0 Å². The summed E-state index contributed by atoms with van der Waals surface area (Å²) in [5, 5.41) is 6.95. The minimum absolute atomic E-state index is 0.0498. The van der Waals surface area contributed by atoms with Crippen LogP contribution in [0, 0.1) is 0 Å². The smallest absolute Gasteiger partial charge is 0.269 e. The molecular weight excluding hydrogens is 296 g/mol. The first kappa shape index (κ1) is 16.0. The van der Waals surface area contributed by atoms with Gasteiger partial charge in [-0.25, -0.2) is 4.68 Å². The third-order valence-corrected chi connectivity index (χ3v) is 4.42. The quantitative estimate of drug-likeness (QED) is 0.856. The van der Waals surface area contributed by atoms with Crippen molar-refractivity contribution in [3.63, 3.8) is 0 Å². The van der Waals surface area contributed by atoms with Crippen LogP contribution in [-0.4, -0.2) is 48.0 Å². The molecule has 7 nitrogen and oxygen atoms in total. The van der Waals surface area contributed by atoms with Crippen LogP contribution in [0.15, 0.2) is 17.1 Å². The predicted molar refractivity (Wildman–Crippen MR) is 86.5 cm³/mol. The number of piperidine rings is 1. The van der Waals surface area contributed by atoms with Crippen molar-refractivity contribution in [1.82, 2.24) is 15.1 Å². The fraction of sp³-hybridized carbons (Fsp3) is 0.688. The van der Waals surface area contributed by atoms with E-state index in [1.54, 1.807) is 12.3 Å². The van der Waals surface area contributed by atoms with Gasteiger partial charge < -0.3 is 15.0 Å². The van der Waals surface area contributed by atoms with E-state index in [0.29, 0.717) is 6.54 Å². The fourth-order valence-corrected chi connectivity index (χ4v) is 3.09. The molecule has 2 fully saturated rings. The lowest BCUT2D eigenvalue weighted by Crippen LogP contribution is -2.38. The molecule has 3 heterocycles. The van der Waals surface area contributed by atoms with Crippen LogP contribution < -0.4 is 15.8 Å². The lowest BCUT2D eigenvalue weighted by molar-refractivity contribution is -0.122. The Morgan fingerprint density at radius 2 is 2.13 bits per heavy atom. The fourth-order valence-electron chi connectivity index (χ4n) is 3.09. The maximum atomic E-state index is 12.1. The number of amides is 1. The zero-order chi connectivity index (χ0) is 16.1. The van der Waals surface area contributed by atoms with E-state index in [4.69, 9.17) is 4.74 Å². The number of rotatable bonds is 5. The van der Waals surface area contributed by atoms with Gasteiger partial charge >= 0.3 is 0 Å². The number of aromatic nitrogens is 2. The standard InChI is InChI=1S/C16H24N4O3/c21-15(17-11-14-5-4-8-23-14)12-20-16(22)9-13(10-18-20)19-6-2-1-3-7-19/h9-10,14H,1-8,11-12H2,(H,17,21). The summed E-state index contributed by atoms with van der Waals surface area (Å²) < 4.78 is 6.66. The van der Waals surface area contributed by atoms with Crippen molar-refractivity contribution in [2.24, 2.45) is 0 Å². The molecule has 2 saturated heterocycles. The van der Waals surface area contributed by atoms with Crippen molar-refractivity contribution >= 4 is 11.6 Å². The second kappa shape index (κ2) is 7.59. The molecule has 2 aliphatic heterocycles. The second-order valence-electron chi connectivity index (χ2n) is 6.20. The summed E-state index contributed by atoms with van der Waals surface area (Å²) in [6.07, 6.45) is 7.34. The zero-order valence-electron chi connectivity index (χ0n) is 13.4. The van der Waals surface area contributed by atoms with Gasteiger partial charge in [0.1, 0.15) is 6.54 Å². The highest BCUT2D eigenvalue weighted by Crippen LogP contribution is 2.16. The lowest BCUT2D eigenvalue weighted by Gasteiger charge is -2.28. The molecular formula is C16H24N4O3. The van der Waals surface area contributed by atoms with Gasteiger partial charge in [-0.3, -0.25) is 9.59 Å². The first-order valence-corrected chi connectivity index (χ1v) is 8.43. The highest BCUT2D eigenvalue weighted by Gasteiger charge is 2.17. The van der Waals surface area contributed by atoms with E-state index in [0.717, 1.165) is 51.1 Å². The lowest BCUT2D eigenvalue weighted by atomic mass is 10.1. The van der Waals surface area contributed by atoms with Crippen LogP contribution in [0.2, 0.25) is 0 Å². The molecule has 3 rings (SSSR count). The first-order chi connectivity index (χ1) is 11.2. The van der Waals surface area contributed by atoms with Gasteiger partial charge in [-0.05, 0) is 32.1 Å². The Labute approximate surface area is 135 Å². The highest BCUT2D eigenvalue weighted by molar-refractivity contribution is 5.75. The van der Waals surface area contributed by atoms with Gasteiger partial charge in [0.2, 0.25) is 5.91 Å². The minimum atomic E-state index is -0.236. The molecule has 0 aromatic carbocycles. The molecule has 1 aromatic rings. The molecule has 1 unspecified atom stereocenters. The van der Waals surface area contributed by atoms with Crippen LogP contribution in [0.5, 0.6) is 0 Å². The molecule has 126 valence electrons. The van der Waals surface area contributed by atoms with Crippen LogP contribution in [-0.2, 0) is 16.1 Å². The number of carbonyl (C=O) groups excluding carboxylic acids is 1. The van der Waals surface area contributed by atoms with Crippen molar-refractivity contribution in [1.29, 1.82) is 0 Å². The number of nitrogens with zero attached hydrogens (tertiary/aromatic N) is 3. The number of hydrogen-bond acceptors (Lipinski definition) is 5. The van der Waals surface area contributed by atoms with E-state index in [1.807, 2.05) is 0 Å². The van der Waals surface area contributed by atoms with Gasteiger partial charge in [0.25, 0.3) is 5.56 Å². The summed E-state index contributed by atoms with van der Waals surface area (Å²) in [4.78, 5) is 26.3. The van der Waals surface area contributed by atoms with E-state index < -0.39 is 0 Å². The average Bonchev–Trinajstić information content (AvgIpc) is 3.09. The molecule has 23 heavy (non-hydrogen) atoms. The summed E-state index contributed by atoms with van der Waals surface area (Å²) in [6.45, 7) is 3.14. The molecule has 0 saturated carbocycles. The molecule has 2 aliphatic rings. The Morgan fingerprint density at radius 3 is 2.83 bits per heavy atom. The van der Waals surface area contributed by atoms with Gasteiger partial charge in [0.15, 0.2) is 0 Å². The number of carbonyl (C=O) groups is 1. The molecule has 0 spiro atoms. The summed E-state index contributed by atoms with van der Waals surface area (Å²) in [5.41, 5.74) is 0.617. The SMILES string of the molecule is O=C(Cn1ncc(N2CCCCC2)cc1=O)NCC1CCCO1.